The molecule has 12 nitrogen and oxygen atoms in total. The molecule has 6 aromatic rings. The molecule has 3 heterocycles. The molecule has 43 heavy (non-hydrogen) atoms. The van der Waals surface area contributed by atoms with Crippen LogP contribution in [0.4, 0.5) is 11.5 Å². The van der Waals surface area contributed by atoms with Crippen molar-refractivity contribution in [2.45, 2.75) is 26.3 Å². The molecule has 0 atom stereocenters. The Hall–Kier alpha value is -5.62. The van der Waals surface area contributed by atoms with Crippen LogP contribution in [0.1, 0.15) is 33.7 Å². The fourth-order valence-electron chi connectivity index (χ4n) is 5.13. The molecule has 0 fully saturated rings. The highest BCUT2D eigenvalue weighted by Gasteiger charge is 2.16. The summed E-state index contributed by atoms with van der Waals surface area (Å²) in [5, 5.41) is 16.2. The van der Waals surface area contributed by atoms with E-state index in [1.807, 2.05) is 54.6 Å². The van der Waals surface area contributed by atoms with Gasteiger partial charge in [-0.3, -0.25) is 19.4 Å². The maximum Gasteiger partial charge on any atom is 0.274 e. The Morgan fingerprint density at radius 3 is 2.67 bits per heavy atom. The first-order chi connectivity index (χ1) is 21.0. The fraction of sp³-hybridized carbons (Fsp3) is 0.161. The number of aromatic nitrogens is 6. The van der Waals surface area contributed by atoms with Crippen molar-refractivity contribution in [3.05, 3.63) is 112 Å². The minimum absolute atomic E-state index is 0.164. The number of aryl methyl sites for hydroxylation is 2. The van der Waals surface area contributed by atoms with Crippen LogP contribution in [0.25, 0.3) is 27.8 Å². The van der Waals surface area contributed by atoms with Crippen molar-refractivity contribution in [3.8, 4) is 5.69 Å². The monoisotopic (exact) mass is 575 g/mol. The fourth-order valence-corrected chi connectivity index (χ4v) is 5.13. The van der Waals surface area contributed by atoms with Crippen LogP contribution >= 0.6 is 0 Å². The lowest BCUT2D eigenvalue weighted by molar-refractivity contribution is 0.0705. The number of hydrogen-bond donors (Lipinski definition) is 5. The van der Waals surface area contributed by atoms with Crippen molar-refractivity contribution in [1.29, 1.82) is 0 Å². The molecule has 3 aromatic heterocycles. The van der Waals surface area contributed by atoms with Crippen LogP contribution in [0.2, 0.25) is 0 Å². The first-order valence-corrected chi connectivity index (χ1v) is 13.8. The number of rotatable bonds is 10. The smallest absolute Gasteiger partial charge is 0.274 e. The number of imidazole rings is 1. The highest BCUT2D eigenvalue weighted by molar-refractivity contribution is 5.95. The number of fused-ring (bicyclic) bond motifs is 2. The zero-order valence-corrected chi connectivity index (χ0v) is 23.3. The Balaban J connectivity index is 1.28. The molecule has 12 heteroatoms. The van der Waals surface area contributed by atoms with Crippen LogP contribution in [0, 0.1) is 6.92 Å². The number of carbonyl (C=O) groups excluding carboxylic acids is 1. The summed E-state index contributed by atoms with van der Waals surface area (Å²) in [4.78, 5) is 46.7. The Bertz CT molecular complexity index is 1990. The van der Waals surface area contributed by atoms with E-state index in [4.69, 9.17) is 10.2 Å². The molecule has 0 bridgehead atoms. The maximum atomic E-state index is 14.1. The summed E-state index contributed by atoms with van der Waals surface area (Å²) >= 11 is 0. The molecule has 0 radical (unpaired) electrons. The van der Waals surface area contributed by atoms with Gasteiger partial charge < -0.3 is 15.6 Å². The molecule has 0 aliphatic rings. The molecule has 6 rings (SSSR count). The topological polar surface area (TPSA) is 163 Å². The minimum Gasteiger partial charge on any atom is -0.380 e. The van der Waals surface area contributed by atoms with Gasteiger partial charge in [-0.15, -0.1) is 0 Å². The number of nitrogens with one attached hydrogen (secondary N) is 4. The molecule has 5 N–H and O–H groups in total. The normalized spacial score (nSPS) is 11.1. The number of benzene rings is 3. The van der Waals surface area contributed by atoms with E-state index in [2.05, 4.69) is 30.6 Å². The van der Waals surface area contributed by atoms with E-state index in [9.17, 15) is 9.59 Å². The molecule has 216 valence electrons. The number of H-pyrrole nitrogens is 1. The number of nitrogens with zero attached hydrogens (tertiary/aromatic N) is 5. The van der Waals surface area contributed by atoms with E-state index < -0.39 is 5.91 Å². The Kier molecular flexibility index (Phi) is 7.74. The van der Waals surface area contributed by atoms with Crippen molar-refractivity contribution in [2.75, 3.05) is 17.2 Å². The highest BCUT2D eigenvalue weighted by atomic mass is 16.5. The van der Waals surface area contributed by atoms with E-state index in [0.717, 1.165) is 16.8 Å². The van der Waals surface area contributed by atoms with Crippen LogP contribution in [0.3, 0.4) is 0 Å². The van der Waals surface area contributed by atoms with E-state index in [-0.39, 0.29) is 5.56 Å². The quantitative estimate of drug-likeness (QED) is 0.0918. The SMILES string of the molecule is Cc1cc(CNc2cccc3nc(CCCNc4ncnc5[nH]cnc45)n(-c4ccccc4)c(=O)c23)ccc1C(=O)NO. The molecule has 0 spiro atoms. The third-order valence-electron chi connectivity index (χ3n) is 7.19. The average molecular weight is 576 g/mol. The number of hydroxylamine groups is 1. The van der Waals surface area contributed by atoms with Crippen LogP contribution in [0.15, 0.2) is 84.2 Å². The third-order valence-corrected chi connectivity index (χ3v) is 7.19. The molecule has 0 aliphatic heterocycles. The van der Waals surface area contributed by atoms with Crippen LogP contribution in [-0.2, 0) is 13.0 Å². The standard InChI is InChI=1S/C31H29N9O3/c1-19-15-20(12-13-22(19)30(41)39-43)16-33-23-9-5-10-24-26(23)31(42)40(21-7-3-2-4-8-21)25(38-24)11-6-14-32-28-27-29(35-17-34-27)37-18-36-28/h2-5,7-10,12-13,15,17-18,33,43H,6,11,14,16H2,1H3,(H,39,41)(H2,32,34,35,36,37). The second-order valence-electron chi connectivity index (χ2n) is 10.00. The van der Waals surface area contributed by atoms with Crippen LogP contribution < -0.4 is 21.7 Å². The van der Waals surface area contributed by atoms with Crippen molar-refractivity contribution in [1.82, 2.24) is 35.0 Å². The second-order valence-corrected chi connectivity index (χ2v) is 10.00. The number of aromatic amines is 1. The molecular formula is C31H29N9O3. The van der Waals surface area contributed by atoms with Gasteiger partial charge in [0.15, 0.2) is 11.5 Å². The number of carbonyl (C=O) groups is 1. The van der Waals surface area contributed by atoms with Gasteiger partial charge in [0, 0.05) is 30.8 Å². The van der Waals surface area contributed by atoms with E-state index in [1.165, 1.54) is 6.33 Å². The first-order valence-electron chi connectivity index (χ1n) is 13.8. The number of para-hydroxylation sites is 1. The predicted molar refractivity (Wildman–Crippen MR) is 164 cm³/mol. The van der Waals surface area contributed by atoms with E-state index >= 15 is 0 Å². The third kappa shape index (κ3) is 5.63. The van der Waals surface area contributed by atoms with Gasteiger partial charge in [-0.25, -0.2) is 25.4 Å². The van der Waals surface area contributed by atoms with Crippen molar-refractivity contribution >= 4 is 39.5 Å². The number of amides is 1. The van der Waals surface area contributed by atoms with Gasteiger partial charge in [-0.2, -0.15) is 0 Å². The van der Waals surface area contributed by atoms with Gasteiger partial charge in [-0.1, -0.05) is 36.4 Å². The summed E-state index contributed by atoms with van der Waals surface area (Å²) < 4.78 is 1.68. The summed E-state index contributed by atoms with van der Waals surface area (Å²) in [5.74, 6) is 0.744. The zero-order chi connectivity index (χ0) is 29.8. The number of hydrogen-bond acceptors (Lipinski definition) is 9. The Morgan fingerprint density at radius 1 is 1.00 bits per heavy atom. The minimum atomic E-state index is -0.561. The summed E-state index contributed by atoms with van der Waals surface area (Å²) in [6.07, 6.45) is 4.31. The Labute approximate surface area is 245 Å². The summed E-state index contributed by atoms with van der Waals surface area (Å²) in [6, 6.07) is 20.4. The van der Waals surface area contributed by atoms with Gasteiger partial charge in [0.05, 0.1) is 22.9 Å². The summed E-state index contributed by atoms with van der Waals surface area (Å²) in [6.45, 7) is 2.82. The van der Waals surface area contributed by atoms with Gasteiger partial charge >= 0.3 is 0 Å². The molecule has 0 aliphatic carbocycles. The lowest BCUT2D eigenvalue weighted by atomic mass is 10.0. The summed E-state index contributed by atoms with van der Waals surface area (Å²) in [7, 11) is 0. The van der Waals surface area contributed by atoms with Crippen LogP contribution in [-0.4, -0.2) is 47.1 Å². The highest BCUT2D eigenvalue weighted by Crippen LogP contribution is 2.23. The maximum absolute atomic E-state index is 14.1. The predicted octanol–water partition coefficient (Wildman–Crippen LogP) is 4.14. The van der Waals surface area contributed by atoms with Gasteiger partial charge in [0.25, 0.3) is 11.5 Å². The summed E-state index contributed by atoms with van der Waals surface area (Å²) in [5.41, 5.74) is 6.88. The average Bonchev–Trinajstić information content (AvgIpc) is 3.52. The zero-order valence-electron chi connectivity index (χ0n) is 23.3. The van der Waals surface area contributed by atoms with Crippen molar-refractivity contribution in [2.24, 2.45) is 0 Å². The molecule has 3 aromatic carbocycles. The van der Waals surface area contributed by atoms with E-state index in [0.29, 0.717) is 70.9 Å². The molecule has 1 amide bonds. The molecule has 0 saturated heterocycles. The number of anilines is 2. The lowest BCUT2D eigenvalue weighted by Gasteiger charge is -2.16. The first kappa shape index (κ1) is 27.5. The molecule has 0 saturated carbocycles. The Morgan fingerprint density at radius 2 is 1.86 bits per heavy atom. The second kappa shape index (κ2) is 12.1. The molecular weight excluding hydrogens is 546 g/mol. The lowest BCUT2D eigenvalue weighted by Crippen LogP contribution is -2.25. The van der Waals surface area contributed by atoms with E-state index in [1.54, 1.807) is 35.4 Å². The van der Waals surface area contributed by atoms with Gasteiger partial charge in [0.2, 0.25) is 0 Å². The van der Waals surface area contributed by atoms with Crippen LogP contribution in [0.5, 0.6) is 0 Å². The van der Waals surface area contributed by atoms with Crippen molar-refractivity contribution in [3.63, 3.8) is 0 Å². The van der Waals surface area contributed by atoms with Gasteiger partial charge in [0.1, 0.15) is 17.7 Å². The largest absolute Gasteiger partial charge is 0.380 e. The van der Waals surface area contributed by atoms with Gasteiger partial charge in [-0.05, 0) is 54.8 Å². The molecule has 0 unspecified atom stereocenters. The van der Waals surface area contributed by atoms with Crippen molar-refractivity contribution < 1.29 is 10.0 Å².